The molecule has 0 spiro atoms. The fraction of sp³-hybridized carbons (Fsp3) is 0.750. The molecule has 2 fully saturated rings. The topological polar surface area (TPSA) is 0 Å². The summed E-state index contributed by atoms with van der Waals surface area (Å²) in [4.78, 5) is 0. The Morgan fingerprint density at radius 2 is 1.54 bits per heavy atom. The van der Waals surface area contributed by atoms with Crippen molar-refractivity contribution < 1.29 is 4.39 Å². The summed E-state index contributed by atoms with van der Waals surface area (Å²) in [6.45, 7) is 2.33. The van der Waals surface area contributed by atoms with Crippen LogP contribution in [-0.2, 0) is 6.42 Å². The highest BCUT2D eigenvalue weighted by Crippen LogP contribution is 2.41. The Morgan fingerprint density at radius 1 is 0.885 bits per heavy atom. The summed E-state index contributed by atoms with van der Waals surface area (Å²) in [6, 6.07) is 12.1. The van der Waals surface area contributed by atoms with E-state index in [1.165, 1.54) is 56.9 Å². The van der Waals surface area contributed by atoms with Gasteiger partial charge in [-0.1, -0.05) is 82.1 Å². The molecule has 1 aromatic carbocycles. The molecule has 1 saturated heterocycles. The van der Waals surface area contributed by atoms with Crippen LogP contribution in [0.4, 0.5) is 4.39 Å². The average molecular weight is 375 g/mol. The Hall–Kier alpha value is -0.633. The minimum atomic E-state index is -0.339. The first kappa shape index (κ1) is 20.1. The Kier molecular flexibility index (Phi) is 8.23. The van der Waals surface area contributed by atoms with Crippen LogP contribution < -0.4 is 0 Å². The lowest BCUT2D eigenvalue weighted by molar-refractivity contribution is 0.186. The smallest absolute Gasteiger partial charge is 0.123 e. The van der Waals surface area contributed by atoms with Gasteiger partial charge in [0, 0.05) is 8.80 Å². The van der Waals surface area contributed by atoms with Crippen LogP contribution >= 0.6 is 0 Å². The molecule has 0 atom stereocenters. The van der Waals surface area contributed by atoms with Crippen molar-refractivity contribution in [3.8, 4) is 0 Å². The van der Waals surface area contributed by atoms with Crippen LogP contribution in [-0.4, -0.2) is 8.80 Å². The van der Waals surface area contributed by atoms with Crippen molar-refractivity contribution in [2.45, 2.75) is 95.7 Å². The molecule has 1 aliphatic heterocycles. The molecule has 146 valence electrons. The summed E-state index contributed by atoms with van der Waals surface area (Å²) in [6.07, 6.45) is 15.8. The molecule has 1 aromatic rings. The number of benzene rings is 1. The van der Waals surface area contributed by atoms with Gasteiger partial charge in [-0.3, -0.25) is 0 Å². The molecule has 0 amide bonds. The van der Waals surface area contributed by atoms with E-state index in [1.807, 2.05) is 12.1 Å². The van der Waals surface area contributed by atoms with Gasteiger partial charge in [-0.15, -0.1) is 0 Å². The molecular weight excluding hydrogens is 335 g/mol. The molecule has 0 N–H and O–H groups in total. The highest BCUT2D eigenvalue weighted by atomic mass is 28.3. The molecule has 26 heavy (non-hydrogen) atoms. The van der Waals surface area contributed by atoms with E-state index in [9.17, 15) is 4.39 Å². The first-order valence-electron chi connectivity index (χ1n) is 11.5. The number of halogens is 1. The lowest BCUT2D eigenvalue weighted by Gasteiger charge is -2.37. The number of hydrogen-bond donors (Lipinski definition) is 0. The summed E-state index contributed by atoms with van der Waals surface area (Å²) in [5.74, 6) is 2.92. The van der Waals surface area contributed by atoms with Gasteiger partial charge in [-0.25, -0.2) is 4.39 Å². The molecule has 2 aliphatic rings. The van der Waals surface area contributed by atoms with Crippen LogP contribution in [0.25, 0.3) is 0 Å². The van der Waals surface area contributed by atoms with Gasteiger partial charge in [-0.05, 0) is 61.1 Å². The fourth-order valence-electron chi connectivity index (χ4n) is 5.60. The van der Waals surface area contributed by atoms with E-state index in [2.05, 4.69) is 6.92 Å². The SMILES string of the molecule is CCCCC[SiH]1CCC([C@H]2CC[C@H](CCc3ccc(F)cc3)CC2)CC1. The number of rotatable bonds is 8. The lowest BCUT2D eigenvalue weighted by atomic mass is 9.73. The minimum absolute atomic E-state index is 0.114. The number of aryl methyl sites for hydroxylation is 1. The van der Waals surface area contributed by atoms with Crippen molar-refractivity contribution in [3.05, 3.63) is 35.6 Å². The van der Waals surface area contributed by atoms with Gasteiger partial charge >= 0.3 is 0 Å². The Labute approximate surface area is 162 Å². The van der Waals surface area contributed by atoms with Crippen LogP contribution in [0.5, 0.6) is 0 Å². The van der Waals surface area contributed by atoms with Gasteiger partial charge in [0.25, 0.3) is 0 Å². The third-order valence-electron chi connectivity index (χ3n) is 7.42. The van der Waals surface area contributed by atoms with E-state index in [1.54, 1.807) is 43.1 Å². The van der Waals surface area contributed by atoms with Crippen molar-refractivity contribution in [1.29, 1.82) is 0 Å². The van der Waals surface area contributed by atoms with Crippen LogP contribution in [0.15, 0.2) is 24.3 Å². The molecule has 0 bridgehead atoms. The predicted octanol–water partition coefficient (Wildman–Crippen LogP) is 7.39. The molecule has 1 saturated carbocycles. The largest absolute Gasteiger partial charge is 0.207 e. The number of hydrogen-bond acceptors (Lipinski definition) is 0. The van der Waals surface area contributed by atoms with Crippen LogP contribution in [0.1, 0.15) is 76.7 Å². The lowest BCUT2D eigenvalue weighted by Crippen LogP contribution is -2.28. The summed E-state index contributed by atoms with van der Waals surface area (Å²) in [5, 5.41) is 0. The second-order valence-corrected chi connectivity index (χ2v) is 12.7. The van der Waals surface area contributed by atoms with E-state index in [-0.39, 0.29) is 14.6 Å². The summed E-state index contributed by atoms with van der Waals surface area (Å²) >= 11 is 0. The molecule has 0 radical (unpaired) electrons. The maximum absolute atomic E-state index is 13.0. The van der Waals surface area contributed by atoms with E-state index in [0.29, 0.717) is 0 Å². The Bertz CT molecular complexity index is 495. The molecule has 0 unspecified atom stereocenters. The summed E-state index contributed by atoms with van der Waals surface area (Å²) in [7, 11) is -0.339. The van der Waals surface area contributed by atoms with Gasteiger partial charge in [0.15, 0.2) is 0 Å². The van der Waals surface area contributed by atoms with Gasteiger partial charge in [-0.2, -0.15) is 0 Å². The third kappa shape index (κ3) is 6.22. The Morgan fingerprint density at radius 3 is 2.19 bits per heavy atom. The molecule has 2 heteroatoms. The van der Waals surface area contributed by atoms with Gasteiger partial charge in [0.2, 0.25) is 0 Å². The van der Waals surface area contributed by atoms with Gasteiger partial charge in [0.1, 0.15) is 5.82 Å². The zero-order valence-electron chi connectivity index (χ0n) is 16.9. The van der Waals surface area contributed by atoms with Crippen LogP contribution in [0, 0.1) is 23.6 Å². The molecule has 1 heterocycles. The van der Waals surface area contributed by atoms with E-state index in [4.69, 9.17) is 0 Å². The zero-order valence-corrected chi connectivity index (χ0v) is 18.1. The normalized spacial score (nSPS) is 29.6. The second kappa shape index (κ2) is 10.6. The monoisotopic (exact) mass is 374 g/mol. The molecule has 0 nitrogen and oxygen atoms in total. The van der Waals surface area contributed by atoms with E-state index in [0.717, 1.165) is 24.2 Å². The van der Waals surface area contributed by atoms with Crippen LogP contribution in [0.3, 0.4) is 0 Å². The van der Waals surface area contributed by atoms with E-state index < -0.39 is 0 Å². The number of unbranched alkanes of at least 4 members (excludes halogenated alkanes) is 2. The molecular formula is C24H39FSi. The van der Waals surface area contributed by atoms with Crippen molar-refractivity contribution in [2.24, 2.45) is 17.8 Å². The highest BCUT2D eigenvalue weighted by molar-refractivity contribution is 6.58. The quantitative estimate of drug-likeness (QED) is 0.328. The maximum atomic E-state index is 13.0. The van der Waals surface area contributed by atoms with Crippen molar-refractivity contribution in [3.63, 3.8) is 0 Å². The third-order valence-corrected chi connectivity index (χ3v) is 10.9. The van der Waals surface area contributed by atoms with Crippen molar-refractivity contribution in [2.75, 3.05) is 0 Å². The highest BCUT2D eigenvalue weighted by Gasteiger charge is 2.30. The van der Waals surface area contributed by atoms with Crippen LogP contribution in [0.2, 0.25) is 18.1 Å². The summed E-state index contributed by atoms with van der Waals surface area (Å²) < 4.78 is 13.0. The average Bonchev–Trinajstić information content (AvgIpc) is 2.69. The molecule has 1 aliphatic carbocycles. The molecule has 0 aromatic heterocycles. The van der Waals surface area contributed by atoms with Gasteiger partial charge in [0.05, 0.1) is 0 Å². The first-order valence-corrected chi connectivity index (χ1v) is 13.9. The maximum Gasteiger partial charge on any atom is 0.123 e. The predicted molar refractivity (Wildman–Crippen MR) is 114 cm³/mol. The minimum Gasteiger partial charge on any atom is -0.207 e. The first-order chi connectivity index (χ1) is 12.7. The van der Waals surface area contributed by atoms with Gasteiger partial charge < -0.3 is 0 Å². The standard InChI is InChI=1S/C24H39FSi/c1-2-3-4-17-26-18-15-23(16-19-26)22-11-7-20(8-12-22)5-6-21-9-13-24(25)14-10-21/h9-10,13-14,20,22-23,26H,2-8,11-12,15-19H2,1H3/t20-,22-,23?,26?. The zero-order chi connectivity index (χ0) is 18.2. The van der Waals surface area contributed by atoms with Crippen molar-refractivity contribution >= 4 is 8.80 Å². The Balaban J connectivity index is 1.32. The van der Waals surface area contributed by atoms with E-state index >= 15 is 0 Å². The second-order valence-electron chi connectivity index (χ2n) is 9.22. The fourth-order valence-corrected chi connectivity index (χ4v) is 9.13. The van der Waals surface area contributed by atoms with Crippen molar-refractivity contribution in [1.82, 2.24) is 0 Å². The summed E-state index contributed by atoms with van der Waals surface area (Å²) in [5.41, 5.74) is 1.31. The molecule has 3 rings (SSSR count).